The first-order chi connectivity index (χ1) is 19.1. The van der Waals surface area contributed by atoms with Gasteiger partial charge < -0.3 is 26.0 Å². The maximum absolute atomic E-state index is 13.4. The van der Waals surface area contributed by atoms with Crippen LogP contribution >= 0.6 is 0 Å². The van der Waals surface area contributed by atoms with Gasteiger partial charge >= 0.3 is 0 Å². The molecule has 5 N–H and O–H groups in total. The highest BCUT2D eigenvalue weighted by Gasteiger charge is 2.38. The average Bonchev–Trinajstić information content (AvgIpc) is 3.40. The van der Waals surface area contributed by atoms with Crippen LogP contribution in [-0.4, -0.2) is 78.5 Å². The smallest absolute Gasteiger partial charge is 0.251 e. The number of amides is 1. The van der Waals surface area contributed by atoms with Gasteiger partial charge in [0.15, 0.2) is 11.9 Å². The van der Waals surface area contributed by atoms with Gasteiger partial charge in [-0.3, -0.25) is 25.2 Å². The first kappa shape index (κ1) is 25.3. The number of anilines is 3. The number of ether oxygens (including phenoxy) is 1. The second-order valence-corrected chi connectivity index (χ2v) is 10.3. The van der Waals surface area contributed by atoms with Crippen LogP contribution in [0.4, 0.5) is 17.2 Å². The number of hydrogen-bond acceptors (Lipinski definition) is 9. The van der Waals surface area contributed by atoms with Crippen molar-refractivity contribution in [3.05, 3.63) is 60.4 Å². The summed E-state index contributed by atoms with van der Waals surface area (Å²) in [6.45, 7) is 3.34. The van der Waals surface area contributed by atoms with E-state index in [9.17, 15) is 4.79 Å². The molecule has 0 bridgehead atoms. The van der Waals surface area contributed by atoms with Gasteiger partial charge in [-0.2, -0.15) is 0 Å². The second-order valence-electron chi connectivity index (χ2n) is 10.3. The van der Waals surface area contributed by atoms with Crippen LogP contribution < -0.4 is 26.7 Å². The van der Waals surface area contributed by atoms with Crippen molar-refractivity contribution < 1.29 is 9.53 Å². The molecule has 2 aromatic rings. The predicted molar refractivity (Wildman–Crippen MR) is 153 cm³/mol. The van der Waals surface area contributed by atoms with E-state index in [1.165, 1.54) is 0 Å². The van der Waals surface area contributed by atoms with Gasteiger partial charge in [0.1, 0.15) is 11.7 Å². The Morgan fingerprint density at radius 3 is 2.59 bits per heavy atom. The summed E-state index contributed by atoms with van der Waals surface area (Å²) in [5.74, 6) is 2.12. The molecule has 4 heterocycles. The Morgan fingerprint density at radius 1 is 1.05 bits per heavy atom. The number of hydrogen-bond donors (Lipinski definition) is 4. The molecule has 39 heavy (non-hydrogen) atoms. The second kappa shape index (κ2) is 11.4. The highest BCUT2D eigenvalue weighted by molar-refractivity contribution is 6.14. The monoisotopic (exact) mass is 529 g/mol. The molecule has 1 amide bonds. The predicted octanol–water partition coefficient (Wildman–Crippen LogP) is 2.12. The van der Waals surface area contributed by atoms with Crippen molar-refractivity contribution >= 4 is 34.8 Å². The van der Waals surface area contributed by atoms with Crippen molar-refractivity contribution in [2.45, 2.75) is 43.8 Å². The number of pyridine rings is 1. The largest absolute Gasteiger partial charge is 0.378 e. The van der Waals surface area contributed by atoms with Crippen LogP contribution in [0.2, 0.25) is 0 Å². The van der Waals surface area contributed by atoms with Gasteiger partial charge in [0.2, 0.25) is 0 Å². The Morgan fingerprint density at radius 2 is 1.85 bits per heavy atom. The Kier molecular flexibility index (Phi) is 7.42. The number of benzene rings is 1. The number of carbonyl (C=O) groups is 1. The molecule has 0 spiro atoms. The number of nitrogens with two attached hydrogens (primary N) is 1. The van der Waals surface area contributed by atoms with Gasteiger partial charge in [-0.1, -0.05) is 18.2 Å². The summed E-state index contributed by atoms with van der Waals surface area (Å²) in [6.07, 6.45) is 7.54. The summed E-state index contributed by atoms with van der Waals surface area (Å²) in [7, 11) is 0. The summed E-state index contributed by atoms with van der Waals surface area (Å²) >= 11 is 0. The molecule has 1 saturated carbocycles. The van der Waals surface area contributed by atoms with E-state index < -0.39 is 6.04 Å². The van der Waals surface area contributed by atoms with Gasteiger partial charge in [-0.25, -0.2) is 4.98 Å². The SMILES string of the molecule is NC1CCC(N=C2C=C(Nc3ccccc3)C3=NCC(C(=O)Nc4ccc(N5CCOCC5)nc4)N3N2)CC1. The maximum Gasteiger partial charge on any atom is 0.251 e. The minimum atomic E-state index is -0.537. The standard InChI is InChI=1S/C28H35N9O2/c29-19-6-8-21(9-7-19)33-25-16-23(32-20-4-2-1-3-5-20)27-31-18-24(37(27)35-25)28(38)34-22-10-11-26(30-17-22)36-12-14-39-15-13-36/h1-5,10-11,16-17,19,21,24,32H,6-9,12-15,18,29H2,(H,33,35)(H,34,38). The number of morpholine rings is 1. The number of amidine groups is 2. The third kappa shape index (κ3) is 5.89. The minimum absolute atomic E-state index is 0.161. The summed E-state index contributed by atoms with van der Waals surface area (Å²) in [5.41, 5.74) is 11.9. The van der Waals surface area contributed by atoms with E-state index in [1.54, 1.807) is 6.20 Å². The van der Waals surface area contributed by atoms with Crippen LogP contribution in [0, 0.1) is 0 Å². The van der Waals surface area contributed by atoms with Crippen molar-refractivity contribution in [3.63, 3.8) is 0 Å². The zero-order valence-corrected chi connectivity index (χ0v) is 21.9. The van der Waals surface area contributed by atoms with E-state index in [4.69, 9.17) is 20.5 Å². The van der Waals surface area contributed by atoms with E-state index in [1.807, 2.05) is 53.5 Å². The molecular formula is C28H35N9O2. The number of fused-ring (bicyclic) bond motifs is 1. The van der Waals surface area contributed by atoms with Crippen molar-refractivity contribution in [2.75, 3.05) is 48.4 Å². The normalized spacial score (nSPS) is 25.9. The van der Waals surface area contributed by atoms with E-state index in [-0.39, 0.29) is 18.0 Å². The quantitative estimate of drug-likeness (QED) is 0.447. The fourth-order valence-corrected chi connectivity index (χ4v) is 5.31. The van der Waals surface area contributed by atoms with Crippen molar-refractivity contribution in [1.82, 2.24) is 15.4 Å². The average molecular weight is 530 g/mol. The molecule has 1 aromatic heterocycles. The fourth-order valence-electron chi connectivity index (χ4n) is 5.31. The van der Waals surface area contributed by atoms with Gasteiger partial charge in [0, 0.05) is 30.9 Å². The van der Waals surface area contributed by atoms with Gasteiger partial charge in [-0.05, 0) is 49.9 Å². The van der Waals surface area contributed by atoms with Gasteiger partial charge in [0.05, 0.1) is 43.4 Å². The van der Waals surface area contributed by atoms with Crippen LogP contribution in [0.5, 0.6) is 0 Å². The van der Waals surface area contributed by atoms with Crippen LogP contribution in [-0.2, 0) is 9.53 Å². The third-order valence-electron chi connectivity index (χ3n) is 7.48. The number of aliphatic imine (C=N–C) groups is 2. The molecule has 1 aromatic carbocycles. The summed E-state index contributed by atoms with van der Waals surface area (Å²) in [5, 5.41) is 8.31. The Hall–Kier alpha value is -3.96. The van der Waals surface area contributed by atoms with Crippen molar-refractivity contribution in [2.24, 2.45) is 15.7 Å². The maximum atomic E-state index is 13.4. The molecule has 2 fully saturated rings. The lowest BCUT2D eigenvalue weighted by atomic mass is 9.92. The molecule has 11 nitrogen and oxygen atoms in total. The highest BCUT2D eigenvalue weighted by Crippen LogP contribution is 2.24. The molecule has 0 radical (unpaired) electrons. The van der Waals surface area contributed by atoms with Gasteiger partial charge in [0.25, 0.3) is 5.91 Å². The summed E-state index contributed by atoms with van der Waals surface area (Å²) in [4.78, 5) is 29.9. The molecule has 1 atom stereocenters. The van der Waals surface area contributed by atoms with Crippen LogP contribution in [0.1, 0.15) is 25.7 Å². The number of nitrogens with one attached hydrogen (secondary N) is 3. The third-order valence-corrected chi connectivity index (χ3v) is 7.48. The molecule has 6 rings (SSSR count). The van der Waals surface area contributed by atoms with Crippen LogP contribution in [0.25, 0.3) is 0 Å². The lowest BCUT2D eigenvalue weighted by Crippen LogP contribution is -2.57. The lowest BCUT2D eigenvalue weighted by Gasteiger charge is -2.33. The van der Waals surface area contributed by atoms with Crippen molar-refractivity contribution in [3.8, 4) is 0 Å². The Labute approximate surface area is 228 Å². The van der Waals surface area contributed by atoms with Crippen molar-refractivity contribution in [1.29, 1.82) is 0 Å². The Balaban J connectivity index is 1.18. The molecule has 3 aliphatic heterocycles. The summed E-state index contributed by atoms with van der Waals surface area (Å²) < 4.78 is 5.42. The van der Waals surface area contributed by atoms with Crippen LogP contribution in [0.15, 0.2) is 70.4 Å². The fraction of sp³-hybridized carbons (Fsp3) is 0.429. The number of nitrogens with zero attached hydrogens (tertiary/aromatic N) is 5. The number of rotatable bonds is 6. The molecule has 204 valence electrons. The Bertz CT molecular complexity index is 1250. The molecule has 1 saturated heterocycles. The number of carbonyl (C=O) groups excluding carboxylic acids is 1. The number of aromatic nitrogens is 1. The zero-order chi connectivity index (χ0) is 26.6. The first-order valence-electron chi connectivity index (χ1n) is 13.7. The highest BCUT2D eigenvalue weighted by atomic mass is 16.5. The molecule has 1 aliphatic carbocycles. The van der Waals surface area contributed by atoms with Gasteiger partial charge in [-0.15, -0.1) is 0 Å². The van der Waals surface area contributed by atoms with Crippen LogP contribution in [0.3, 0.4) is 0 Å². The number of para-hydroxylation sites is 1. The van der Waals surface area contributed by atoms with E-state index in [0.717, 1.165) is 56.0 Å². The lowest BCUT2D eigenvalue weighted by molar-refractivity contribution is -0.119. The molecule has 4 aliphatic rings. The summed E-state index contributed by atoms with van der Waals surface area (Å²) in [6, 6.07) is 13.7. The topological polar surface area (TPSA) is 132 Å². The van der Waals surface area contributed by atoms with E-state index in [0.29, 0.717) is 37.1 Å². The molecule has 11 heteroatoms. The minimum Gasteiger partial charge on any atom is -0.378 e. The van der Waals surface area contributed by atoms with E-state index >= 15 is 0 Å². The molecule has 1 unspecified atom stereocenters. The first-order valence-corrected chi connectivity index (χ1v) is 13.7. The molecular weight excluding hydrogens is 494 g/mol. The number of hydrazine groups is 1. The van der Waals surface area contributed by atoms with E-state index in [2.05, 4.69) is 25.9 Å². The zero-order valence-electron chi connectivity index (χ0n) is 21.9.